The monoisotopic (exact) mass is 482 g/mol. The minimum absolute atomic E-state index is 0. The van der Waals surface area contributed by atoms with Gasteiger partial charge in [0, 0.05) is 31.9 Å². The molecular formula is C15H14ClIrN2O2-. The number of hydrogen-bond acceptors (Lipinski definition) is 4. The van der Waals surface area contributed by atoms with Crippen molar-refractivity contribution in [3.63, 3.8) is 0 Å². The van der Waals surface area contributed by atoms with E-state index in [1.807, 2.05) is 30.3 Å². The number of ketones is 1. The molecule has 0 saturated carbocycles. The first-order valence-electron chi connectivity index (χ1n) is 5.83. The summed E-state index contributed by atoms with van der Waals surface area (Å²) in [5.41, 5.74) is 1.71. The quantitative estimate of drug-likeness (QED) is 0.404. The summed E-state index contributed by atoms with van der Waals surface area (Å²) in [4.78, 5) is 10.0. The number of carbonyl (C=O) groups is 1. The van der Waals surface area contributed by atoms with Crippen molar-refractivity contribution >= 4 is 17.4 Å². The number of aliphatic hydroxyl groups is 1. The summed E-state index contributed by atoms with van der Waals surface area (Å²) < 4.78 is 0. The van der Waals surface area contributed by atoms with Gasteiger partial charge in [-0.05, 0) is 19.9 Å². The third-order valence-corrected chi connectivity index (χ3v) is 2.23. The number of rotatable bonds is 2. The van der Waals surface area contributed by atoms with Crippen molar-refractivity contribution in [2.75, 3.05) is 0 Å². The van der Waals surface area contributed by atoms with E-state index >= 15 is 0 Å². The SMILES string of the molecule is CC(=O)/C=C(/C)O.Clc1ccc(-c2[c-]cccc2)nn1.[Ir]. The van der Waals surface area contributed by atoms with E-state index in [0.29, 0.717) is 5.15 Å². The van der Waals surface area contributed by atoms with Gasteiger partial charge >= 0.3 is 0 Å². The van der Waals surface area contributed by atoms with Gasteiger partial charge in [-0.15, -0.1) is 41.0 Å². The van der Waals surface area contributed by atoms with Crippen LogP contribution in [-0.4, -0.2) is 21.1 Å². The van der Waals surface area contributed by atoms with Crippen LogP contribution >= 0.6 is 11.6 Å². The molecule has 1 radical (unpaired) electrons. The third kappa shape index (κ3) is 8.35. The van der Waals surface area contributed by atoms with Crippen molar-refractivity contribution in [3.05, 3.63) is 59.5 Å². The van der Waals surface area contributed by atoms with Crippen LogP contribution in [-0.2, 0) is 24.9 Å². The average Bonchev–Trinajstić information content (AvgIpc) is 2.40. The fourth-order valence-corrected chi connectivity index (χ4v) is 1.41. The molecule has 21 heavy (non-hydrogen) atoms. The molecule has 1 aromatic carbocycles. The Morgan fingerprint density at radius 3 is 2.33 bits per heavy atom. The Kier molecular flexibility index (Phi) is 9.46. The van der Waals surface area contributed by atoms with Crippen molar-refractivity contribution in [3.8, 4) is 11.3 Å². The van der Waals surface area contributed by atoms with Crippen LogP contribution in [0.4, 0.5) is 0 Å². The molecule has 0 aliphatic carbocycles. The van der Waals surface area contributed by atoms with Crippen molar-refractivity contribution in [2.45, 2.75) is 13.8 Å². The molecule has 6 heteroatoms. The molecule has 1 aromatic heterocycles. The van der Waals surface area contributed by atoms with Crippen LogP contribution in [0.25, 0.3) is 11.3 Å². The predicted octanol–water partition coefficient (Wildman–Crippen LogP) is 3.63. The smallest absolute Gasteiger partial charge is 0.155 e. The van der Waals surface area contributed by atoms with E-state index in [0.717, 1.165) is 11.3 Å². The Bertz CT molecular complexity index is 582. The summed E-state index contributed by atoms with van der Waals surface area (Å²) in [6.07, 6.45) is 1.17. The minimum Gasteiger partial charge on any atom is -0.512 e. The molecule has 1 heterocycles. The van der Waals surface area contributed by atoms with Crippen LogP contribution in [0.15, 0.2) is 48.2 Å². The predicted molar refractivity (Wildman–Crippen MR) is 78.4 cm³/mol. The van der Waals surface area contributed by atoms with Gasteiger partial charge in [0.25, 0.3) is 0 Å². The zero-order valence-electron chi connectivity index (χ0n) is 11.5. The van der Waals surface area contributed by atoms with E-state index < -0.39 is 0 Å². The summed E-state index contributed by atoms with van der Waals surface area (Å²) in [5, 5.41) is 16.5. The van der Waals surface area contributed by atoms with E-state index in [1.165, 1.54) is 19.9 Å². The normalized spacial score (nSPS) is 9.95. The standard InChI is InChI=1S/C10H6ClN2.C5H8O2.Ir/c11-10-7-6-9(12-13-10)8-4-2-1-3-5-8;1-4(6)3-5(2)7;/h1-4,6-7H;3,6H,1-2H3;/q-1;;/b;4-3-;. The molecule has 2 aromatic rings. The zero-order valence-corrected chi connectivity index (χ0v) is 14.7. The van der Waals surface area contributed by atoms with Gasteiger partial charge in [-0.25, -0.2) is 0 Å². The largest absolute Gasteiger partial charge is 0.512 e. The molecule has 0 amide bonds. The van der Waals surface area contributed by atoms with E-state index in [1.54, 1.807) is 6.07 Å². The van der Waals surface area contributed by atoms with Crippen LogP contribution in [0, 0.1) is 6.07 Å². The first-order chi connectivity index (χ1) is 9.49. The van der Waals surface area contributed by atoms with Crippen LogP contribution < -0.4 is 0 Å². The third-order valence-electron chi connectivity index (χ3n) is 2.03. The van der Waals surface area contributed by atoms with Crippen LogP contribution in [0.3, 0.4) is 0 Å². The Labute approximate surface area is 142 Å². The molecule has 0 spiro atoms. The molecule has 1 N–H and O–H groups in total. The second-order valence-corrected chi connectivity index (χ2v) is 4.30. The van der Waals surface area contributed by atoms with E-state index in [-0.39, 0.29) is 31.6 Å². The first kappa shape index (κ1) is 19.4. The molecule has 0 bridgehead atoms. The van der Waals surface area contributed by atoms with Gasteiger partial charge in [-0.1, -0.05) is 17.7 Å². The Morgan fingerprint density at radius 2 is 1.95 bits per heavy atom. The molecule has 0 aliphatic heterocycles. The van der Waals surface area contributed by atoms with Gasteiger partial charge < -0.3 is 5.11 Å². The molecule has 0 aliphatic rings. The summed E-state index contributed by atoms with van der Waals surface area (Å²) >= 11 is 5.62. The van der Waals surface area contributed by atoms with Crippen molar-refractivity contribution in [2.24, 2.45) is 0 Å². The summed E-state index contributed by atoms with van der Waals surface area (Å²) in [6.45, 7) is 2.85. The van der Waals surface area contributed by atoms with Gasteiger partial charge in [0.2, 0.25) is 0 Å². The number of aliphatic hydroxyl groups excluding tert-OH is 1. The van der Waals surface area contributed by atoms with Gasteiger partial charge in [0.15, 0.2) is 5.78 Å². The molecule has 4 nitrogen and oxygen atoms in total. The van der Waals surface area contributed by atoms with Crippen molar-refractivity contribution < 1.29 is 30.0 Å². The first-order valence-corrected chi connectivity index (χ1v) is 6.21. The summed E-state index contributed by atoms with van der Waals surface area (Å²) in [5.74, 6) is -0.0625. The van der Waals surface area contributed by atoms with Gasteiger partial charge in [-0.2, -0.15) is 5.10 Å². The number of allylic oxidation sites excluding steroid dienone is 2. The zero-order chi connectivity index (χ0) is 15.0. The number of hydrogen-bond donors (Lipinski definition) is 1. The van der Waals surface area contributed by atoms with E-state index in [4.69, 9.17) is 16.7 Å². The maximum Gasteiger partial charge on any atom is 0.155 e. The minimum atomic E-state index is -0.125. The Morgan fingerprint density at radius 1 is 1.24 bits per heavy atom. The van der Waals surface area contributed by atoms with E-state index in [9.17, 15) is 4.79 Å². The molecule has 113 valence electrons. The Balaban J connectivity index is 0.000000436. The van der Waals surface area contributed by atoms with Gasteiger partial charge in [-0.3, -0.25) is 4.79 Å². The average molecular weight is 482 g/mol. The summed E-state index contributed by atoms with van der Waals surface area (Å²) in [7, 11) is 0. The van der Waals surface area contributed by atoms with E-state index in [2.05, 4.69) is 16.3 Å². The fraction of sp³-hybridized carbons (Fsp3) is 0.133. The second-order valence-electron chi connectivity index (χ2n) is 3.91. The maximum atomic E-state index is 10.0. The molecule has 0 saturated heterocycles. The maximum absolute atomic E-state index is 10.0. The molecule has 0 atom stereocenters. The number of carbonyl (C=O) groups excluding carboxylic acids is 1. The topological polar surface area (TPSA) is 63.1 Å². The van der Waals surface area contributed by atoms with Crippen molar-refractivity contribution in [1.29, 1.82) is 0 Å². The number of nitrogens with zero attached hydrogens (tertiary/aromatic N) is 2. The Hall–Kier alpha value is -1.55. The molecule has 2 rings (SSSR count). The van der Waals surface area contributed by atoms with Crippen LogP contribution in [0.2, 0.25) is 5.15 Å². The van der Waals surface area contributed by atoms with Crippen LogP contribution in [0.1, 0.15) is 13.8 Å². The van der Waals surface area contributed by atoms with Crippen LogP contribution in [0.5, 0.6) is 0 Å². The number of halogens is 1. The van der Waals surface area contributed by atoms with Gasteiger partial charge in [0.1, 0.15) is 5.15 Å². The summed E-state index contributed by atoms with van der Waals surface area (Å²) in [6, 6.07) is 14.2. The second kappa shape index (κ2) is 10.2. The van der Waals surface area contributed by atoms with Gasteiger partial charge in [0.05, 0.1) is 5.76 Å². The fourth-order valence-electron chi connectivity index (χ4n) is 1.31. The molecule has 0 unspecified atom stereocenters. The molecular weight excluding hydrogens is 468 g/mol. The number of aromatic nitrogens is 2. The number of benzene rings is 1. The molecule has 0 fully saturated rings. The van der Waals surface area contributed by atoms with Crippen molar-refractivity contribution in [1.82, 2.24) is 10.2 Å².